The maximum Gasteiger partial charge on any atom is 0.222 e. The van der Waals surface area contributed by atoms with Gasteiger partial charge in [-0.2, -0.15) is 0 Å². The van der Waals surface area contributed by atoms with Crippen LogP contribution in [0, 0.1) is 0 Å². The molecule has 3 nitrogen and oxygen atoms in total. The first-order chi connectivity index (χ1) is 5.25. The molecule has 1 fully saturated rings. The van der Waals surface area contributed by atoms with Gasteiger partial charge in [-0.15, -0.1) is 0 Å². The van der Waals surface area contributed by atoms with Crippen LogP contribution in [0.2, 0.25) is 0 Å². The van der Waals surface area contributed by atoms with Gasteiger partial charge in [-0.3, -0.25) is 4.79 Å². The summed E-state index contributed by atoms with van der Waals surface area (Å²) in [6, 6.07) is 0.443. The molecule has 0 aliphatic carbocycles. The van der Waals surface area contributed by atoms with Crippen molar-refractivity contribution in [2.75, 3.05) is 6.54 Å². The van der Waals surface area contributed by atoms with Gasteiger partial charge in [0, 0.05) is 25.4 Å². The largest absolute Gasteiger partial charge is 0.336 e. The molecule has 3 heteroatoms. The third-order valence-electron chi connectivity index (χ3n) is 1.89. The molecule has 0 saturated carbocycles. The van der Waals surface area contributed by atoms with Crippen LogP contribution in [0.4, 0.5) is 0 Å². The summed E-state index contributed by atoms with van der Waals surface area (Å²) < 4.78 is 0. The third kappa shape index (κ3) is 2.33. The molecule has 1 rings (SSSR count). The van der Waals surface area contributed by atoms with Crippen LogP contribution in [-0.2, 0) is 9.59 Å². The SMILES string of the molecule is CC1CN1C(=O)CCCC=O. The summed E-state index contributed by atoms with van der Waals surface area (Å²) in [5.41, 5.74) is 0. The average molecular weight is 155 g/mol. The lowest BCUT2D eigenvalue weighted by molar-refractivity contribution is -0.126. The topological polar surface area (TPSA) is 37.1 Å². The fourth-order valence-corrected chi connectivity index (χ4v) is 1.07. The molecular formula is C8H13NO2. The molecule has 0 aromatic rings. The van der Waals surface area contributed by atoms with E-state index in [9.17, 15) is 9.59 Å². The van der Waals surface area contributed by atoms with Crippen molar-refractivity contribution in [2.24, 2.45) is 0 Å². The first kappa shape index (κ1) is 8.24. The highest BCUT2D eigenvalue weighted by Gasteiger charge is 2.32. The van der Waals surface area contributed by atoms with Crippen molar-refractivity contribution in [3.05, 3.63) is 0 Å². The Bertz CT molecular complexity index is 167. The molecule has 1 aliphatic rings. The zero-order valence-corrected chi connectivity index (χ0v) is 6.75. The Morgan fingerprint density at radius 3 is 2.82 bits per heavy atom. The number of hydrogen-bond acceptors (Lipinski definition) is 2. The maximum absolute atomic E-state index is 11.1. The van der Waals surface area contributed by atoms with Gasteiger partial charge >= 0.3 is 0 Å². The number of unbranched alkanes of at least 4 members (excludes halogenated alkanes) is 1. The summed E-state index contributed by atoms with van der Waals surface area (Å²) in [4.78, 5) is 22.8. The second kappa shape index (κ2) is 3.51. The lowest BCUT2D eigenvalue weighted by Gasteiger charge is -1.99. The predicted molar refractivity (Wildman–Crippen MR) is 41.1 cm³/mol. The zero-order chi connectivity index (χ0) is 8.27. The summed E-state index contributed by atoms with van der Waals surface area (Å²) in [7, 11) is 0. The van der Waals surface area contributed by atoms with Gasteiger partial charge in [0.15, 0.2) is 0 Å². The summed E-state index contributed by atoms with van der Waals surface area (Å²) >= 11 is 0. The number of nitrogens with zero attached hydrogens (tertiary/aromatic N) is 1. The first-order valence-corrected chi connectivity index (χ1v) is 3.99. The molecule has 1 atom stereocenters. The Morgan fingerprint density at radius 2 is 2.36 bits per heavy atom. The number of aldehydes is 1. The minimum atomic E-state index is 0.194. The van der Waals surface area contributed by atoms with Gasteiger partial charge in [0.2, 0.25) is 5.91 Å². The minimum Gasteiger partial charge on any atom is -0.336 e. The van der Waals surface area contributed by atoms with Crippen LogP contribution < -0.4 is 0 Å². The van der Waals surface area contributed by atoms with Crippen molar-refractivity contribution in [3.8, 4) is 0 Å². The molecule has 0 aromatic heterocycles. The maximum atomic E-state index is 11.1. The van der Waals surface area contributed by atoms with E-state index in [1.807, 2.05) is 11.8 Å². The van der Waals surface area contributed by atoms with Crippen LogP contribution in [-0.4, -0.2) is 29.7 Å². The highest BCUT2D eigenvalue weighted by molar-refractivity contribution is 5.79. The van der Waals surface area contributed by atoms with E-state index in [0.717, 1.165) is 12.8 Å². The van der Waals surface area contributed by atoms with E-state index in [1.165, 1.54) is 0 Å². The molecule has 1 heterocycles. The average Bonchev–Trinajstić information content (AvgIpc) is 2.67. The lowest BCUT2D eigenvalue weighted by atomic mass is 10.2. The Labute approximate surface area is 66.4 Å². The number of carbonyl (C=O) groups excluding carboxylic acids is 2. The van der Waals surface area contributed by atoms with Crippen LogP contribution in [0.15, 0.2) is 0 Å². The van der Waals surface area contributed by atoms with Crippen LogP contribution in [0.5, 0.6) is 0 Å². The summed E-state index contributed by atoms with van der Waals surface area (Å²) in [6.07, 6.45) is 2.60. The Hall–Kier alpha value is -0.860. The van der Waals surface area contributed by atoms with E-state index in [2.05, 4.69) is 0 Å². The van der Waals surface area contributed by atoms with Crippen molar-refractivity contribution in [3.63, 3.8) is 0 Å². The van der Waals surface area contributed by atoms with E-state index in [4.69, 9.17) is 0 Å². The van der Waals surface area contributed by atoms with Gasteiger partial charge in [0.1, 0.15) is 6.29 Å². The van der Waals surface area contributed by atoms with E-state index < -0.39 is 0 Å². The van der Waals surface area contributed by atoms with Crippen LogP contribution in [0.3, 0.4) is 0 Å². The standard InChI is InChI=1S/C8H13NO2/c1-7-6-9(7)8(11)4-2-3-5-10/h5,7H,2-4,6H2,1H3. The van der Waals surface area contributed by atoms with Crippen molar-refractivity contribution < 1.29 is 9.59 Å². The molecule has 1 amide bonds. The second-order valence-electron chi connectivity index (χ2n) is 2.95. The van der Waals surface area contributed by atoms with Crippen LogP contribution >= 0.6 is 0 Å². The summed E-state index contributed by atoms with van der Waals surface area (Å²) in [5.74, 6) is 0.194. The van der Waals surface area contributed by atoms with Gasteiger partial charge in [-0.1, -0.05) is 0 Å². The van der Waals surface area contributed by atoms with Crippen LogP contribution in [0.1, 0.15) is 26.2 Å². The van der Waals surface area contributed by atoms with Gasteiger partial charge < -0.3 is 9.69 Å². The van der Waals surface area contributed by atoms with Gasteiger partial charge in [-0.05, 0) is 13.3 Å². The molecule has 1 saturated heterocycles. The fraction of sp³-hybridized carbons (Fsp3) is 0.750. The molecule has 0 bridgehead atoms. The third-order valence-corrected chi connectivity index (χ3v) is 1.89. The normalized spacial score (nSPS) is 21.5. The molecule has 0 radical (unpaired) electrons. The van der Waals surface area contributed by atoms with Crippen molar-refractivity contribution >= 4 is 12.2 Å². The Morgan fingerprint density at radius 1 is 1.73 bits per heavy atom. The highest BCUT2D eigenvalue weighted by atomic mass is 16.2. The molecular weight excluding hydrogens is 142 g/mol. The van der Waals surface area contributed by atoms with E-state index >= 15 is 0 Å². The van der Waals surface area contributed by atoms with E-state index in [1.54, 1.807) is 0 Å². The van der Waals surface area contributed by atoms with Gasteiger partial charge in [-0.25, -0.2) is 0 Å². The molecule has 0 spiro atoms. The molecule has 11 heavy (non-hydrogen) atoms. The van der Waals surface area contributed by atoms with Crippen LogP contribution in [0.25, 0.3) is 0 Å². The summed E-state index contributed by atoms with van der Waals surface area (Å²) in [6.45, 7) is 2.93. The molecule has 0 N–H and O–H groups in total. The highest BCUT2D eigenvalue weighted by Crippen LogP contribution is 2.17. The predicted octanol–water partition coefficient (Wildman–Crippen LogP) is 0.586. The summed E-state index contributed by atoms with van der Waals surface area (Å²) in [5, 5.41) is 0. The number of amides is 1. The first-order valence-electron chi connectivity index (χ1n) is 3.99. The van der Waals surface area contributed by atoms with Crippen molar-refractivity contribution in [1.29, 1.82) is 0 Å². The van der Waals surface area contributed by atoms with E-state index in [0.29, 0.717) is 25.3 Å². The molecule has 62 valence electrons. The van der Waals surface area contributed by atoms with Gasteiger partial charge in [0.25, 0.3) is 0 Å². The monoisotopic (exact) mass is 155 g/mol. The minimum absolute atomic E-state index is 0.194. The number of hydrogen-bond donors (Lipinski definition) is 0. The Kier molecular flexibility index (Phi) is 2.63. The Balaban J connectivity index is 2.07. The fourth-order valence-electron chi connectivity index (χ4n) is 1.07. The number of rotatable bonds is 4. The van der Waals surface area contributed by atoms with Crippen molar-refractivity contribution in [1.82, 2.24) is 4.90 Å². The van der Waals surface area contributed by atoms with Gasteiger partial charge in [0.05, 0.1) is 0 Å². The van der Waals surface area contributed by atoms with E-state index in [-0.39, 0.29) is 5.91 Å². The molecule has 1 aliphatic heterocycles. The quantitative estimate of drug-likeness (QED) is 0.338. The smallest absolute Gasteiger partial charge is 0.222 e. The molecule has 0 aromatic carbocycles. The lowest BCUT2D eigenvalue weighted by Crippen LogP contribution is -2.11. The number of carbonyl (C=O) groups is 2. The molecule has 1 unspecified atom stereocenters. The second-order valence-corrected chi connectivity index (χ2v) is 2.95. The zero-order valence-electron chi connectivity index (χ0n) is 6.75. The van der Waals surface area contributed by atoms with Crippen molar-refractivity contribution in [2.45, 2.75) is 32.2 Å².